The summed E-state index contributed by atoms with van der Waals surface area (Å²) in [6.45, 7) is 2.95. The fourth-order valence-electron chi connectivity index (χ4n) is 1.07. The van der Waals surface area contributed by atoms with Crippen molar-refractivity contribution in [3.8, 4) is 5.75 Å². The Labute approximate surface area is 99.0 Å². The van der Waals surface area contributed by atoms with Gasteiger partial charge in [-0.2, -0.15) is 0 Å². The fraction of sp³-hybridized carbons (Fsp3) is 0.300. The van der Waals surface area contributed by atoms with Gasteiger partial charge >= 0.3 is 5.97 Å². The molecule has 0 heterocycles. The molecule has 6 nitrogen and oxygen atoms in total. The predicted octanol–water partition coefficient (Wildman–Crippen LogP) is 1.24. The van der Waals surface area contributed by atoms with Crippen molar-refractivity contribution in [2.24, 2.45) is 0 Å². The first-order chi connectivity index (χ1) is 7.74. The number of nitrogens with one attached hydrogen (secondary N) is 1. The fourth-order valence-corrected chi connectivity index (χ4v) is 1.79. The smallest absolute Gasteiger partial charge is 0.337 e. The molecule has 0 fully saturated rings. The maximum absolute atomic E-state index is 11.6. The Morgan fingerprint density at radius 3 is 2.41 bits per heavy atom. The van der Waals surface area contributed by atoms with E-state index in [0.717, 1.165) is 6.07 Å². The molecule has 1 aromatic carbocycles. The number of hydrogen-bond acceptors (Lipinski definition) is 4. The standard InChI is InChI=1S/C10H13NO5S/c1-6(2)17(15,16)11-9-4-3-7(12)5-8(9)10(13)14/h3-6,11-12H,1-2H3,(H,13,14). The molecule has 0 aliphatic rings. The van der Waals surface area contributed by atoms with E-state index >= 15 is 0 Å². The summed E-state index contributed by atoms with van der Waals surface area (Å²) in [6, 6.07) is 3.41. The number of aromatic hydroxyl groups is 1. The molecule has 3 N–H and O–H groups in total. The zero-order valence-electron chi connectivity index (χ0n) is 9.34. The van der Waals surface area contributed by atoms with Gasteiger partial charge in [-0.3, -0.25) is 4.72 Å². The molecule has 0 spiro atoms. The van der Waals surface area contributed by atoms with Crippen LogP contribution in [-0.2, 0) is 10.0 Å². The summed E-state index contributed by atoms with van der Waals surface area (Å²) in [5.74, 6) is -1.56. The van der Waals surface area contributed by atoms with Crippen LogP contribution in [0.1, 0.15) is 24.2 Å². The van der Waals surface area contributed by atoms with Crippen molar-refractivity contribution in [2.45, 2.75) is 19.1 Å². The van der Waals surface area contributed by atoms with Crippen molar-refractivity contribution < 1.29 is 23.4 Å². The number of rotatable bonds is 4. The van der Waals surface area contributed by atoms with Gasteiger partial charge in [0.05, 0.1) is 16.5 Å². The van der Waals surface area contributed by atoms with Crippen LogP contribution in [0.25, 0.3) is 0 Å². The molecular formula is C10H13NO5S. The summed E-state index contributed by atoms with van der Waals surface area (Å²) in [5.41, 5.74) is -0.363. The van der Waals surface area contributed by atoms with Crippen molar-refractivity contribution in [3.05, 3.63) is 23.8 Å². The largest absolute Gasteiger partial charge is 0.508 e. The zero-order valence-corrected chi connectivity index (χ0v) is 10.2. The Hall–Kier alpha value is -1.76. The van der Waals surface area contributed by atoms with Crippen molar-refractivity contribution >= 4 is 21.7 Å². The molecule has 1 rings (SSSR count). The second kappa shape index (κ2) is 4.62. The van der Waals surface area contributed by atoms with Crippen LogP contribution in [-0.4, -0.2) is 29.9 Å². The van der Waals surface area contributed by atoms with Gasteiger partial charge in [-0.25, -0.2) is 13.2 Å². The number of phenolic OH excluding ortho intramolecular Hbond substituents is 1. The van der Waals surface area contributed by atoms with E-state index in [1.54, 1.807) is 0 Å². The normalized spacial score (nSPS) is 11.5. The van der Waals surface area contributed by atoms with Gasteiger partial charge in [0.25, 0.3) is 0 Å². The summed E-state index contributed by atoms with van der Waals surface area (Å²) in [7, 11) is -3.62. The molecule has 94 valence electrons. The van der Waals surface area contributed by atoms with Crippen LogP contribution < -0.4 is 4.72 Å². The first-order valence-electron chi connectivity index (χ1n) is 4.82. The number of anilines is 1. The average molecular weight is 259 g/mol. The van der Waals surface area contributed by atoms with Gasteiger partial charge in [-0.05, 0) is 32.0 Å². The molecule has 0 amide bonds. The van der Waals surface area contributed by atoms with Crippen molar-refractivity contribution in [3.63, 3.8) is 0 Å². The molecule has 0 saturated carbocycles. The lowest BCUT2D eigenvalue weighted by Gasteiger charge is -2.12. The minimum absolute atomic E-state index is 0.0657. The molecular weight excluding hydrogens is 246 g/mol. The number of hydrogen-bond donors (Lipinski definition) is 3. The zero-order chi connectivity index (χ0) is 13.2. The topological polar surface area (TPSA) is 104 Å². The molecule has 0 radical (unpaired) electrons. The van der Waals surface area contributed by atoms with Crippen molar-refractivity contribution in [1.82, 2.24) is 0 Å². The second-order valence-corrected chi connectivity index (χ2v) is 5.97. The number of aromatic carboxylic acids is 1. The van der Waals surface area contributed by atoms with E-state index in [4.69, 9.17) is 10.2 Å². The number of phenols is 1. The maximum Gasteiger partial charge on any atom is 0.337 e. The van der Waals surface area contributed by atoms with E-state index in [-0.39, 0.29) is 17.0 Å². The lowest BCUT2D eigenvalue weighted by molar-refractivity contribution is 0.0697. The number of carboxylic acids is 1. The van der Waals surface area contributed by atoms with E-state index in [0.29, 0.717) is 0 Å². The maximum atomic E-state index is 11.6. The molecule has 1 aromatic rings. The van der Waals surface area contributed by atoms with E-state index in [9.17, 15) is 13.2 Å². The van der Waals surface area contributed by atoms with E-state index < -0.39 is 21.2 Å². The third-order valence-electron chi connectivity index (χ3n) is 2.11. The van der Waals surface area contributed by atoms with E-state index in [1.807, 2.05) is 0 Å². The van der Waals surface area contributed by atoms with Gasteiger partial charge < -0.3 is 10.2 Å². The predicted molar refractivity (Wildman–Crippen MR) is 62.7 cm³/mol. The Kier molecular flexibility index (Phi) is 3.62. The van der Waals surface area contributed by atoms with Crippen LogP contribution in [0.5, 0.6) is 5.75 Å². The van der Waals surface area contributed by atoms with Crippen LogP contribution >= 0.6 is 0 Å². The van der Waals surface area contributed by atoms with E-state index in [1.165, 1.54) is 26.0 Å². The third-order valence-corrected chi connectivity index (χ3v) is 3.85. The summed E-state index contributed by atoms with van der Waals surface area (Å²) in [6.07, 6.45) is 0. The lowest BCUT2D eigenvalue weighted by atomic mass is 10.2. The molecule has 0 aliphatic heterocycles. The Morgan fingerprint density at radius 2 is 1.94 bits per heavy atom. The number of benzene rings is 1. The van der Waals surface area contributed by atoms with Gasteiger partial charge in [0.1, 0.15) is 5.75 Å². The van der Waals surface area contributed by atoms with Gasteiger partial charge in [0.2, 0.25) is 10.0 Å². The summed E-state index contributed by atoms with van der Waals surface area (Å²) in [5, 5.41) is 17.4. The van der Waals surface area contributed by atoms with Crippen LogP contribution in [0.3, 0.4) is 0 Å². The highest BCUT2D eigenvalue weighted by Crippen LogP contribution is 2.23. The van der Waals surface area contributed by atoms with Gasteiger partial charge in [-0.15, -0.1) is 0 Å². The molecule has 17 heavy (non-hydrogen) atoms. The summed E-state index contributed by atoms with van der Waals surface area (Å²) >= 11 is 0. The van der Waals surface area contributed by atoms with Crippen LogP contribution in [0.2, 0.25) is 0 Å². The molecule has 7 heteroatoms. The molecule has 0 atom stereocenters. The second-order valence-electron chi connectivity index (χ2n) is 3.73. The van der Waals surface area contributed by atoms with Crippen LogP contribution in [0, 0.1) is 0 Å². The molecule has 0 bridgehead atoms. The number of carbonyl (C=O) groups is 1. The minimum atomic E-state index is -3.62. The monoisotopic (exact) mass is 259 g/mol. The SMILES string of the molecule is CC(C)S(=O)(=O)Nc1ccc(O)cc1C(=O)O. The molecule has 0 aliphatic carbocycles. The molecule has 0 unspecified atom stereocenters. The Bertz CT molecular complexity index is 536. The minimum Gasteiger partial charge on any atom is -0.508 e. The van der Waals surface area contributed by atoms with Gasteiger partial charge in [0.15, 0.2) is 0 Å². The summed E-state index contributed by atoms with van der Waals surface area (Å²) < 4.78 is 25.4. The quantitative estimate of drug-likeness (QED) is 0.706. The highest BCUT2D eigenvalue weighted by Gasteiger charge is 2.19. The van der Waals surface area contributed by atoms with Crippen LogP contribution in [0.15, 0.2) is 18.2 Å². The van der Waals surface area contributed by atoms with E-state index in [2.05, 4.69) is 4.72 Å². The molecule has 0 aromatic heterocycles. The Balaban J connectivity index is 3.20. The first-order valence-corrected chi connectivity index (χ1v) is 6.36. The highest BCUT2D eigenvalue weighted by molar-refractivity contribution is 7.93. The number of sulfonamides is 1. The highest BCUT2D eigenvalue weighted by atomic mass is 32.2. The summed E-state index contributed by atoms with van der Waals surface area (Å²) in [4.78, 5) is 10.9. The average Bonchev–Trinajstić information content (AvgIpc) is 2.19. The lowest BCUT2D eigenvalue weighted by Crippen LogP contribution is -2.23. The van der Waals surface area contributed by atoms with Crippen LogP contribution in [0.4, 0.5) is 5.69 Å². The van der Waals surface area contributed by atoms with Gasteiger partial charge in [-0.1, -0.05) is 0 Å². The van der Waals surface area contributed by atoms with Crippen molar-refractivity contribution in [2.75, 3.05) is 4.72 Å². The first kappa shape index (κ1) is 13.3. The van der Waals surface area contributed by atoms with Crippen molar-refractivity contribution in [1.29, 1.82) is 0 Å². The Morgan fingerprint density at radius 1 is 1.35 bits per heavy atom. The van der Waals surface area contributed by atoms with Gasteiger partial charge in [0, 0.05) is 0 Å². The number of carboxylic acid groups (broad SMARTS) is 1. The molecule has 0 saturated heterocycles. The third kappa shape index (κ3) is 3.10.